The SMILES string of the molecule is CCOC(=O)C1=C(C)NC(=S)N[C@H]1c1ccccc1OC(F)F. The van der Waals surface area contributed by atoms with E-state index in [-0.39, 0.29) is 23.0 Å². The van der Waals surface area contributed by atoms with E-state index < -0.39 is 18.6 Å². The van der Waals surface area contributed by atoms with E-state index in [1.807, 2.05) is 0 Å². The summed E-state index contributed by atoms with van der Waals surface area (Å²) in [6.45, 7) is 0.580. The second kappa shape index (κ2) is 7.36. The van der Waals surface area contributed by atoms with E-state index >= 15 is 0 Å². The van der Waals surface area contributed by atoms with E-state index in [2.05, 4.69) is 15.4 Å². The van der Waals surface area contributed by atoms with Crippen molar-refractivity contribution in [3.05, 3.63) is 41.1 Å². The lowest BCUT2D eigenvalue weighted by atomic mass is 9.95. The number of thiocarbonyl (C=S) groups is 1. The molecule has 23 heavy (non-hydrogen) atoms. The van der Waals surface area contributed by atoms with Crippen LogP contribution in [0.4, 0.5) is 8.78 Å². The van der Waals surface area contributed by atoms with Crippen molar-refractivity contribution in [2.75, 3.05) is 6.61 Å². The van der Waals surface area contributed by atoms with Crippen LogP contribution in [0.5, 0.6) is 5.75 Å². The lowest BCUT2D eigenvalue weighted by Crippen LogP contribution is -2.45. The molecule has 2 N–H and O–H groups in total. The van der Waals surface area contributed by atoms with Crippen LogP contribution >= 0.6 is 12.2 Å². The molecule has 0 saturated carbocycles. The third-order valence-corrected chi connectivity index (χ3v) is 3.43. The molecular weight excluding hydrogens is 326 g/mol. The van der Waals surface area contributed by atoms with Gasteiger partial charge in [-0.3, -0.25) is 0 Å². The Balaban J connectivity index is 2.48. The second-order valence-corrected chi connectivity index (χ2v) is 5.12. The molecule has 1 aromatic rings. The number of halogens is 2. The van der Waals surface area contributed by atoms with Gasteiger partial charge in [0, 0.05) is 11.3 Å². The monoisotopic (exact) mass is 342 g/mol. The first kappa shape index (κ1) is 17.1. The molecular formula is C15H16F2N2O3S. The molecule has 0 saturated heterocycles. The molecule has 0 spiro atoms. The van der Waals surface area contributed by atoms with Crippen LogP contribution in [-0.2, 0) is 9.53 Å². The van der Waals surface area contributed by atoms with E-state index in [0.717, 1.165) is 0 Å². The zero-order chi connectivity index (χ0) is 17.0. The molecule has 124 valence electrons. The zero-order valence-electron chi connectivity index (χ0n) is 12.6. The Kier molecular flexibility index (Phi) is 5.49. The van der Waals surface area contributed by atoms with E-state index in [9.17, 15) is 13.6 Å². The predicted molar refractivity (Wildman–Crippen MR) is 84.0 cm³/mol. The van der Waals surface area contributed by atoms with Crippen molar-refractivity contribution in [1.29, 1.82) is 0 Å². The van der Waals surface area contributed by atoms with Gasteiger partial charge in [0.2, 0.25) is 0 Å². The van der Waals surface area contributed by atoms with Gasteiger partial charge in [-0.25, -0.2) is 4.79 Å². The first-order valence-electron chi connectivity index (χ1n) is 6.93. The van der Waals surface area contributed by atoms with Gasteiger partial charge in [0.25, 0.3) is 0 Å². The minimum absolute atomic E-state index is 0.0284. The number of rotatable bonds is 5. The van der Waals surface area contributed by atoms with Crippen LogP contribution in [0.1, 0.15) is 25.5 Å². The normalized spacial score (nSPS) is 17.6. The number of nitrogens with one attached hydrogen (secondary N) is 2. The highest BCUT2D eigenvalue weighted by Crippen LogP contribution is 2.34. The van der Waals surface area contributed by atoms with Gasteiger partial charge in [0.05, 0.1) is 18.2 Å². The van der Waals surface area contributed by atoms with Gasteiger partial charge in [0.15, 0.2) is 5.11 Å². The number of carbonyl (C=O) groups is 1. The fraction of sp³-hybridized carbons (Fsp3) is 0.333. The Labute approximate surface area is 137 Å². The molecule has 1 atom stereocenters. The number of hydrogen-bond acceptors (Lipinski definition) is 4. The van der Waals surface area contributed by atoms with Crippen LogP contribution in [0.2, 0.25) is 0 Å². The maximum Gasteiger partial charge on any atom is 0.387 e. The van der Waals surface area contributed by atoms with Crippen molar-refractivity contribution < 1.29 is 23.0 Å². The second-order valence-electron chi connectivity index (χ2n) is 4.71. The molecule has 1 aliphatic heterocycles. The van der Waals surface area contributed by atoms with E-state index in [4.69, 9.17) is 17.0 Å². The average Bonchev–Trinajstić information content (AvgIpc) is 2.46. The summed E-state index contributed by atoms with van der Waals surface area (Å²) in [4.78, 5) is 12.2. The maximum atomic E-state index is 12.6. The summed E-state index contributed by atoms with van der Waals surface area (Å²) in [5, 5.41) is 6.03. The van der Waals surface area contributed by atoms with Crippen LogP contribution in [0.15, 0.2) is 35.5 Å². The average molecular weight is 342 g/mol. The highest BCUT2D eigenvalue weighted by atomic mass is 32.1. The van der Waals surface area contributed by atoms with Crippen LogP contribution in [0.25, 0.3) is 0 Å². The van der Waals surface area contributed by atoms with Gasteiger partial charge in [-0.15, -0.1) is 0 Å². The Bertz CT molecular complexity index is 649. The maximum absolute atomic E-state index is 12.6. The molecule has 0 aliphatic carbocycles. The quantitative estimate of drug-likeness (QED) is 0.634. The lowest BCUT2D eigenvalue weighted by Gasteiger charge is -2.30. The van der Waals surface area contributed by atoms with Crippen molar-refractivity contribution >= 4 is 23.3 Å². The minimum Gasteiger partial charge on any atom is -0.463 e. The highest BCUT2D eigenvalue weighted by Gasteiger charge is 2.32. The van der Waals surface area contributed by atoms with Crippen molar-refractivity contribution in [3.63, 3.8) is 0 Å². The molecule has 0 fully saturated rings. The topological polar surface area (TPSA) is 59.6 Å². The molecule has 0 amide bonds. The molecule has 0 unspecified atom stereocenters. The molecule has 8 heteroatoms. The van der Waals surface area contributed by atoms with Gasteiger partial charge in [-0.05, 0) is 32.1 Å². The van der Waals surface area contributed by atoms with E-state index in [0.29, 0.717) is 11.3 Å². The number of para-hydroxylation sites is 1. The predicted octanol–water partition coefficient (Wildman–Crippen LogP) is 2.64. The molecule has 0 radical (unpaired) electrons. The van der Waals surface area contributed by atoms with E-state index in [1.54, 1.807) is 32.0 Å². The van der Waals surface area contributed by atoms with Crippen molar-refractivity contribution in [2.45, 2.75) is 26.5 Å². The highest BCUT2D eigenvalue weighted by molar-refractivity contribution is 7.80. The summed E-state index contributed by atoms with van der Waals surface area (Å²) in [7, 11) is 0. The standard InChI is InChI=1S/C15H16F2N2O3S/c1-3-21-13(20)11-8(2)18-15(23)19-12(11)9-6-4-5-7-10(9)22-14(16)17/h4-7,12,14H,3H2,1-2H3,(H2,18,19,23)/t12-/m0/s1. The Morgan fingerprint density at radius 3 is 2.74 bits per heavy atom. The molecule has 1 aliphatic rings. The number of benzene rings is 1. The van der Waals surface area contributed by atoms with Gasteiger partial charge in [-0.1, -0.05) is 18.2 Å². The molecule has 0 bridgehead atoms. The smallest absolute Gasteiger partial charge is 0.387 e. The fourth-order valence-corrected chi connectivity index (χ4v) is 2.60. The van der Waals surface area contributed by atoms with Gasteiger partial charge < -0.3 is 20.1 Å². The summed E-state index contributed by atoms with van der Waals surface area (Å²) in [5.41, 5.74) is 1.15. The van der Waals surface area contributed by atoms with Crippen LogP contribution in [0, 0.1) is 0 Å². The third-order valence-electron chi connectivity index (χ3n) is 3.21. The van der Waals surface area contributed by atoms with Crippen LogP contribution in [0.3, 0.4) is 0 Å². The van der Waals surface area contributed by atoms with Crippen LogP contribution in [-0.4, -0.2) is 24.3 Å². The summed E-state index contributed by atoms with van der Waals surface area (Å²) < 4.78 is 34.8. The summed E-state index contributed by atoms with van der Waals surface area (Å²) in [6.07, 6.45) is 0. The molecule has 5 nitrogen and oxygen atoms in total. The van der Waals surface area contributed by atoms with Gasteiger partial charge in [-0.2, -0.15) is 8.78 Å². The number of allylic oxidation sites excluding steroid dienone is 1. The molecule has 1 heterocycles. The van der Waals surface area contributed by atoms with Gasteiger partial charge >= 0.3 is 12.6 Å². The zero-order valence-corrected chi connectivity index (χ0v) is 13.4. The van der Waals surface area contributed by atoms with E-state index in [1.165, 1.54) is 6.07 Å². The summed E-state index contributed by atoms with van der Waals surface area (Å²) >= 11 is 5.10. The van der Waals surface area contributed by atoms with Gasteiger partial charge in [0.1, 0.15) is 5.75 Å². The number of esters is 1. The molecule has 2 rings (SSSR count). The minimum atomic E-state index is -2.97. The van der Waals surface area contributed by atoms with Crippen molar-refractivity contribution in [1.82, 2.24) is 10.6 Å². The first-order chi connectivity index (χ1) is 10.9. The lowest BCUT2D eigenvalue weighted by molar-refractivity contribution is -0.139. The number of carbonyl (C=O) groups excluding carboxylic acids is 1. The number of alkyl halides is 2. The Morgan fingerprint density at radius 2 is 2.09 bits per heavy atom. The Hall–Kier alpha value is -2.22. The molecule has 0 aromatic heterocycles. The number of hydrogen-bond donors (Lipinski definition) is 2. The molecule has 1 aromatic carbocycles. The third kappa shape index (κ3) is 3.95. The largest absolute Gasteiger partial charge is 0.463 e. The fourth-order valence-electron chi connectivity index (χ4n) is 2.33. The Morgan fingerprint density at radius 1 is 1.39 bits per heavy atom. The first-order valence-corrected chi connectivity index (χ1v) is 7.34. The van der Waals surface area contributed by atoms with Crippen molar-refractivity contribution in [2.24, 2.45) is 0 Å². The summed E-state index contributed by atoms with van der Waals surface area (Å²) in [5.74, 6) is -0.580. The van der Waals surface area contributed by atoms with Crippen LogP contribution < -0.4 is 15.4 Å². The van der Waals surface area contributed by atoms with Crippen molar-refractivity contribution in [3.8, 4) is 5.75 Å². The number of ether oxygens (including phenoxy) is 2. The summed E-state index contributed by atoms with van der Waals surface area (Å²) in [6, 6.07) is 5.50.